The predicted molar refractivity (Wildman–Crippen MR) is 80.5 cm³/mol. The van der Waals surface area contributed by atoms with E-state index >= 15 is 0 Å². The molecule has 0 radical (unpaired) electrons. The zero-order valence-electron chi connectivity index (χ0n) is 11.1. The number of halogens is 1. The quantitative estimate of drug-likeness (QED) is 0.725. The third-order valence-electron chi connectivity index (χ3n) is 3.94. The number of alkyl halides is 1. The zero-order valence-corrected chi connectivity index (χ0v) is 11.9. The molecular weight excluding hydrogens is 242 g/mol. The summed E-state index contributed by atoms with van der Waals surface area (Å²) in [5.41, 5.74) is 2.56. The van der Waals surface area contributed by atoms with Crippen molar-refractivity contribution in [3.63, 3.8) is 0 Å². The lowest BCUT2D eigenvalue weighted by Crippen LogP contribution is -2.12. The molecule has 1 fully saturated rings. The van der Waals surface area contributed by atoms with Crippen LogP contribution >= 0.6 is 11.6 Å². The molecule has 1 N–H and O–H groups in total. The first-order valence-electron chi connectivity index (χ1n) is 7.27. The summed E-state index contributed by atoms with van der Waals surface area (Å²) in [6.07, 6.45) is 9.50. The van der Waals surface area contributed by atoms with Gasteiger partial charge in [0.25, 0.3) is 0 Å². The lowest BCUT2D eigenvalue weighted by molar-refractivity contribution is 0.345. The summed E-state index contributed by atoms with van der Waals surface area (Å²) < 4.78 is 0. The highest BCUT2D eigenvalue weighted by Gasteiger charge is 2.12. The molecule has 0 amide bonds. The molecular formula is C16H24ClN. The van der Waals surface area contributed by atoms with Crippen LogP contribution in [0, 0.1) is 5.92 Å². The van der Waals surface area contributed by atoms with Crippen LogP contribution in [0.5, 0.6) is 0 Å². The van der Waals surface area contributed by atoms with Crippen LogP contribution in [0.25, 0.3) is 0 Å². The molecule has 1 nitrogen and oxygen atoms in total. The van der Waals surface area contributed by atoms with Gasteiger partial charge in [0, 0.05) is 18.1 Å². The maximum atomic E-state index is 5.73. The normalized spacial score (nSPS) is 16.7. The second-order valence-corrected chi connectivity index (χ2v) is 5.73. The van der Waals surface area contributed by atoms with E-state index < -0.39 is 0 Å². The molecule has 0 aliphatic heterocycles. The van der Waals surface area contributed by atoms with Gasteiger partial charge in [0.05, 0.1) is 0 Å². The van der Waals surface area contributed by atoms with Crippen LogP contribution < -0.4 is 5.32 Å². The molecule has 100 valence electrons. The average molecular weight is 266 g/mol. The van der Waals surface area contributed by atoms with Crippen LogP contribution in [-0.2, 0) is 6.42 Å². The summed E-state index contributed by atoms with van der Waals surface area (Å²) in [5.74, 6) is 1.66. The summed E-state index contributed by atoms with van der Waals surface area (Å²) in [4.78, 5) is 0. The molecule has 18 heavy (non-hydrogen) atoms. The smallest absolute Gasteiger partial charge is 0.0340 e. The van der Waals surface area contributed by atoms with E-state index in [-0.39, 0.29) is 0 Å². The number of anilines is 1. The minimum Gasteiger partial charge on any atom is -0.385 e. The van der Waals surface area contributed by atoms with Gasteiger partial charge in [-0.25, -0.2) is 0 Å². The fourth-order valence-corrected chi connectivity index (χ4v) is 3.01. The molecule has 2 heteroatoms. The van der Waals surface area contributed by atoms with Gasteiger partial charge in [-0.2, -0.15) is 0 Å². The van der Waals surface area contributed by atoms with Crippen molar-refractivity contribution < 1.29 is 0 Å². The van der Waals surface area contributed by atoms with Gasteiger partial charge >= 0.3 is 0 Å². The van der Waals surface area contributed by atoms with Crippen LogP contribution in [0.4, 0.5) is 5.69 Å². The van der Waals surface area contributed by atoms with E-state index in [4.69, 9.17) is 11.6 Å². The lowest BCUT2D eigenvalue weighted by Gasteiger charge is -2.21. The molecule has 0 heterocycles. The van der Waals surface area contributed by atoms with Crippen molar-refractivity contribution in [2.45, 2.75) is 44.9 Å². The van der Waals surface area contributed by atoms with Crippen LogP contribution in [-0.4, -0.2) is 12.4 Å². The highest BCUT2D eigenvalue weighted by Crippen LogP contribution is 2.26. The minimum absolute atomic E-state index is 0.703. The van der Waals surface area contributed by atoms with Crippen LogP contribution in [0.15, 0.2) is 24.3 Å². The van der Waals surface area contributed by atoms with E-state index in [1.165, 1.54) is 49.8 Å². The lowest BCUT2D eigenvalue weighted by atomic mass is 9.87. The van der Waals surface area contributed by atoms with Crippen molar-refractivity contribution in [3.05, 3.63) is 29.8 Å². The van der Waals surface area contributed by atoms with Gasteiger partial charge in [0.15, 0.2) is 0 Å². The number of rotatable bonds is 6. The van der Waals surface area contributed by atoms with Crippen molar-refractivity contribution in [3.8, 4) is 0 Å². The fourth-order valence-electron chi connectivity index (χ4n) is 2.79. The Morgan fingerprint density at radius 2 is 1.78 bits per heavy atom. The molecule has 1 aromatic carbocycles. The molecule has 1 aromatic rings. The first-order valence-corrected chi connectivity index (χ1v) is 7.81. The monoisotopic (exact) mass is 265 g/mol. The van der Waals surface area contributed by atoms with Gasteiger partial charge in [0.2, 0.25) is 0 Å². The highest BCUT2D eigenvalue weighted by molar-refractivity contribution is 6.17. The molecule has 1 aliphatic rings. The Kier molecular flexibility index (Phi) is 5.86. The number of nitrogens with one attached hydrogen (secondary N) is 1. The third kappa shape index (κ3) is 4.53. The number of hydrogen-bond acceptors (Lipinski definition) is 1. The molecule has 1 aliphatic carbocycles. The topological polar surface area (TPSA) is 12.0 Å². The summed E-state index contributed by atoms with van der Waals surface area (Å²) in [5, 5.41) is 3.53. The first kappa shape index (κ1) is 13.7. The maximum Gasteiger partial charge on any atom is 0.0340 e. The second-order valence-electron chi connectivity index (χ2n) is 5.36. The van der Waals surface area contributed by atoms with Gasteiger partial charge in [0.1, 0.15) is 0 Å². The summed E-state index contributed by atoms with van der Waals surface area (Å²) in [7, 11) is 0. The Labute approximate surface area is 116 Å². The molecule has 1 saturated carbocycles. The SMILES string of the molecule is ClCCc1ccc(NCCC2CCCCC2)cc1. The van der Waals surface area contributed by atoms with Crippen molar-refractivity contribution in [1.82, 2.24) is 0 Å². The molecule has 0 unspecified atom stereocenters. The number of benzene rings is 1. The van der Waals surface area contributed by atoms with Crippen molar-refractivity contribution >= 4 is 17.3 Å². The second kappa shape index (κ2) is 7.68. The first-order chi connectivity index (χ1) is 8.88. The highest BCUT2D eigenvalue weighted by atomic mass is 35.5. The van der Waals surface area contributed by atoms with Gasteiger partial charge in [-0.1, -0.05) is 44.2 Å². The van der Waals surface area contributed by atoms with Gasteiger partial charge in [-0.05, 0) is 36.5 Å². The van der Waals surface area contributed by atoms with E-state index in [9.17, 15) is 0 Å². The Morgan fingerprint density at radius 3 is 2.44 bits per heavy atom. The molecule has 0 aromatic heterocycles. The molecule has 0 spiro atoms. The standard InChI is InChI=1S/C16H24ClN/c17-12-10-15-6-8-16(9-7-15)18-13-11-14-4-2-1-3-5-14/h6-9,14,18H,1-5,10-13H2. The Balaban J connectivity index is 1.69. The predicted octanol–water partition coefficient (Wildman–Crippen LogP) is 4.85. The van der Waals surface area contributed by atoms with Gasteiger partial charge in [-0.3, -0.25) is 0 Å². The third-order valence-corrected chi connectivity index (χ3v) is 4.13. The molecule has 2 rings (SSSR count). The summed E-state index contributed by atoms with van der Waals surface area (Å²) in [6.45, 7) is 1.11. The Bertz CT molecular complexity index is 327. The summed E-state index contributed by atoms with van der Waals surface area (Å²) in [6, 6.07) is 8.68. The summed E-state index contributed by atoms with van der Waals surface area (Å²) >= 11 is 5.73. The van der Waals surface area contributed by atoms with Crippen molar-refractivity contribution in [1.29, 1.82) is 0 Å². The Morgan fingerprint density at radius 1 is 1.06 bits per heavy atom. The fraction of sp³-hybridized carbons (Fsp3) is 0.625. The van der Waals surface area contributed by atoms with Gasteiger partial charge < -0.3 is 5.32 Å². The largest absolute Gasteiger partial charge is 0.385 e. The Hall–Kier alpha value is -0.690. The van der Waals surface area contributed by atoms with E-state index in [0.717, 1.165) is 18.9 Å². The van der Waals surface area contributed by atoms with E-state index in [2.05, 4.69) is 29.6 Å². The van der Waals surface area contributed by atoms with Crippen molar-refractivity contribution in [2.75, 3.05) is 17.7 Å². The van der Waals surface area contributed by atoms with Gasteiger partial charge in [-0.15, -0.1) is 11.6 Å². The number of hydrogen-bond donors (Lipinski definition) is 1. The van der Waals surface area contributed by atoms with Crippen molar-refractivity contribution in [2.24, 2.45) is 5.92 Å². The number of aryl methyl sites for hydroxylation is 1. The molecule has 0 atom stereocenters. The van der Waals surface area contributed by atoms with E-state index in [1.54, 1.807) is 0 Å². The average Bonchev–Trinajstić information content (AvgIpc) is 2.42. The maximum absolute atomic E-state index is 5.73. The van der Waals surface area contributed by atoms with Crippen LogP contribution in [0.2, 0.25) is 0 Å². The van der Waals surface area contributed by atoms with Crippen LogP contribution in [0.1, 0.15) is 44.1 Å². The molecule has 0 saturated heterocycles. The van der Waals surface area contributed by atoms with Crippen LogP contribution in [0.3, 0.4) is 0 Å². The zero-order chi connectivity index (χ0) is 12.6. The van der Waals surface area contributed by atoms with E-state index in [0.29, 0.717) is 5.88 Å². The minimum atomic E-state index is 0.703. The molecule has 0 bridgehead atoms. The van der Waals surface area contributed by atoms with E-state index in [1.807, 2.05) is 0 Å².